The monoisotopic (exact) mass is 508 g/mol. The summed E-state index contributed by atoms with van der Waals surface area (Å²) in [4.78, 5) is 11.2. The first-order chi connectivity index (χ1) is 13.3. The second-order valence-corrected chi connectivity index (χ2v) is 18.0. The summed E-state index contributed by atoms with van der Waals surface area (Å²) in [5, 5.41) is 0. The first-order valence-electron chi connectivity index (χ1n) is 11.5. The van der Waals surface area contributed by atoms with Gasteiger partial charge in [0.05, 0.1) is 0 Å². The maximum atomic E-state index is 11.2. The Bertz CT molecular complexity index is 551. The van der Waals surface area contributed by atoms with Crippen molar-refractivity contribution in [2.24, 2.45) is 17.6 Å². The maximum Gasteiger partial charge on any atom is 0.220 e. The number of nitrogens with two attached hydrogens (primary N) is 1. The number of carbonyl (C=O) groups is 1. The number of primary amides is 1. The van der Waals surface area contributed by atoms with E-state index in [9.17, 15) is 4.79 Å². The van der Waals surface area contributed by atoms with E-state index in [1.165, 1.54) is 57.8 Å². The molecule has 2 aliphatic rings. The van der Waals surface area contributed by atoms with Gasteiger partial charge in [-0.05, 0) is 12.8 Å². The van der Waals surface area contributed by atoms with Gasteiger partial charge in [-0.3, -0.25) is 4.79 Å². The van der Waals surface area contributed by atoms with E-state index in [-0.39, 0.29) is 61.7 Å². The second kappa shape index (κ2) is 18.0. The van der Waals surface area contributed by atoms with Gasteiger partial charge < -0.3 is 30.5 Å². The Morgan fingerprint density at radius 3 is 1.53 bits per heavy atom. The number of allylic oxidation sites excluding steroid dienone is 4. The topological polar surface area (TPSA) is 43.1 Å². The van der Waals surface area contributed by atoms with Crippen LogP contribution in [0.1, 0.15) is 98.3 Å². The predicted molar refractivity (Wildman–Crippen MR) is 121 cm³/mol. The number of amides is 1. The Labute approximate surface area is 209 Å². The molecule has 30 heavy (non-hydrogen) atoms. The third-order valence-electron chi connectivity index (χ3n) is 6.53. The Morgan fingerprint density at radius 1 is 0.833 bits per heavy atom. The van der Waals surface area contributed by atoms with Crippen molar-refractivity contribution < 1.29 is 48.0 Å². The molecule has 1 radical (unpaired) electrons. The summed E-state index contributed by atoms with van der Waals surface area (Å²) in [7, 11) is 0. The van der Waals surface area contributed by atoms with Gasteiger partial charge in [0.2, 0.25) is 5.91 Å². The van der Waals surface area contributed by atoms with Crippen molar-refractivity contribution in [3.8, 4) is 0 Å². The molecule has 1 unspecified atom stereocenters. The number of hydrogen-bond donors (Lipinski definition) is 1. The van der Waals surface area contributed by atoms with Crippen molar-refractivity contribution in [2.45, 2.75) is 111 Å². The first-order valence-corrected chi connectivity index (χ1v) is 17.1. The second-order valence-electron chi connectivity index (χ2n) is 9.05. The molecule has 1 amide bonds. The van der Waals surface area contributed by atoms with Crippen molar-refractivity contribution in [1.82, 2.24) is 0 Å². The number of carbonyl (C=O) groups excluding carboxylic acids is 1. The van der Waals surface area contributed by atoms with Crippen LogP contribution in [-0.2, 0) is 23.2 Å². The van der Waals surface area contributed by atoms with E-state index in [2.05, 4.69) is 40.8 Å². The van der Waals surface area contributed by atoms with Crippen molar-refractivity contribution in [1.29, 1.82) is 0 Å². The van der Waals surface area contributed by atoms with Crippen LogP contribution in [0.3, 0.4) is 0 Å². The molecule has 0 bridgehead atoms. The van der Waals surface area contributed by atoms with Crippen LogP contribution in [0.2, 0.25) is 13.1 Å². The van der Waals surface area contributed by atoms with E-state index in [1.54, 1.807) is 16.7 Å². The largest absolute Gasteiger partial charge is 1.00 e. The van der Waals surface area contributed by atoms with Crippen molar-refractivity contribution in [2.75, 3.05) is 0 Å². The molecule has 0 aliphatic heterocycles. The molecule has 2 rings (SSSR count). The van der Waals surface area contributed by atoms with Gasteiger partial charge in [-0.25, -0.2) is 0 Å². The van der Waals surface area contributed by atoms with Crippen molar-refractivity contribution in [3.05, 3.63) is 20.6 Å². The molecule has 0 aromatic rings. The summed E-state index contributed by atoms with van der Waals surface area (Å²) in [5.41, 5.74) is 10.2. The molecule has 1 atom stereocenters. The smallest absolute Gasteiger partial charge is 0.220 e. The molecule has 2 N–H and O–H groups in total. The molecule has 0 heterocycles. The molecular formula is C24H44Cl2NOSiTi. The molecule has 2 nitrogen and oxygen atoms in total. The average Bonchev–Trinajstić information content (AvgIpc) is 2.80. The minimum Gasteiger partial charge on any atom is -1.00 e. The third-order valence-corrected chi connectivity index (χ3v) is 12.2. The Morgan fingerprint density at radius 2 is 1.23 bits per heavy atom. The van der Waals surface area contributed by atoms with Crippen LogP contribution in [-0.4, -0.2) is 12.6 Å². The molecule has 0 aromatic carbocycles. The van der Waals surface area contributed by atoms with Crippen LogP contribution < -0.4 is 30.5 Å². The van der Waals surface area contributed by atoms with Crippen LogP contribution in [0.15, 0.2) is 20.6 Å². The minimum atomic E-state index is -0.0768. The summed E-state index contributed by atoms with van der Waals surface area (Å²) in [6, 6.07) is 0. The zero-order valence-electron chi connectivity index (χ0n) is 20.2. The normalized spacial score (nSPS) is 21.4. The molecule has 173 valence electrons. The SMILES string of the molecule is CC1=C(C)C(C)[C]([Ti+2][Si](C)C)=C1C.NC(=O)C1CCCCCCCCCCC1.[Cl-].[Cl-]. The molecular weight excluding hydrogens is 465 g/mol. The summed E-state index contributed by atoms with van der Waals surface area (Å²) in [5.74, 6) is 0.858. The standard InChI is InChI=1S/C13H25NO.C9H13.C2H6Si.2ClH.Ti/c14-13(15)12-10-8-6-4-2-1-3-5-7-9-11-12;1-6-5-7(2)9(4)8(6)3;1-3-2;;;/h12H,1-11H2,(H2,14,15);6H,1-4H3;1-2H3;2*1H;/q;;;;;+2/p-2. The first kappa shape index (κ1) is 32.6. The molecule has 0 aromatic heterocycles. The Hall–Kier alpha value is 0.461. The van der Waals surface area contributed by atoms with Gasteiger partial charge in [-0.2, -0.15) is 0 Å². The molecule has 1 saturated carbocycles. The maximum absolute atomic E-state index is 11.2. The zero-order chi connectivity index (χ0) is 21.1. The van der Waals surface area contributed by atoms with Gasteiger partial charge in [-0.1, -0.05) is 57.8 Å². The zero-order valence-corrected chi connectivity index (χ0v) is 24.2. The molecule has 0 saturated heterocycles. The summed E-state index contributed by atoms with van der Waals surface area (Å²) < 4.78 is 1.84. The van der Waals surface area contributed by atoms with Crippen LogP contribution >= 0.6 is 0 Å². The van der Waals surface area contributed by atoms with Crippen LogP contribution in [0.5, 0.6) is 0 Å². The number of halogens is 2. The van der Waals surface area contributed by atoms with Crippen molar-refractivity contribution in [3.63, 3.8) is 0 Å². The van der Waals surface area contributed by atoms with Crippen molar-refractivity contribution >= 4 is 12.6 Å². The fraction of sp³-hybridized carbons (Fsp3) is 0.792. The summed E-state index contributed by atoms with van der Waals surface area (Å²) in [6.07, 6.45) is 13.8. The van der Waals surface area contributed by atoms with E-state index in [4.69, 9.17) is 5.73 Å². The Kier molecular flexibility index (Phi) is 19.5. The van der Waals surface area contributed by atoms with Gasteiger partial charge in [0.1, 0.15) is 0 Å². The minimum absolute atomic E-state index is 0. The Balaban J connectivity index is 0. The van der Waals surface area contributed by atoms with Gasteiger partial charge in [0.25, 0.3) is 0 Å². The van der Waals surface area contributed by atoms with E-state index in [1.807, 2.05) is 3.88 Å². The van der Waals surface area contributed by atoms with Gasteiger partial charge in [0, 0.05) is 5.92 Å². The molecule has 2 aliphatic carbocycles. The van der Waals surface area contributed by atoms with Crippen LogP contribution in [0.25, 0.3) is 0 Å². The van der Waals surface area contributed by atoms with E-state index in [0.29, 0.717) is 0 Å². The van der Waals surface area contributed by atoms with Crippen LogP contribution in [0, 0.1) is 11.8 Å². The fourth-order valence-corrected chi connectivity index (χ4v) is 10.3. The van der Waals surface area contributed by atoms with Gasteiger partial charge in [-0.15, -0.1) is 0 Å². The summed E-state index contributed by atoms with van der Waals surface area (Å²) in [6.45, 7) is 14.2. The molecule has 0 spiro atoms. The van der Waals surface area contributed by atoms with Gasteiger partial charge in [0.15, 0.2) is 0 Å². The third kappa shape index (κ3) is 11.9. The quantitative estimate of drug-likeness (QED) is 0.567. The number of hydrogen-bond acceptors (Lipinski definition) is 1. The van der Waals surface area contributed by atoms with E-state index >= 15 is 0 Å². The van der Waals surface area contributed by atoms with Crippen LogP contribution in [0.4, 0.5) is 0 Å². The number of rotatable bonds is 3. The average molecular weight is 509 g/mol. The van der Waals surface area contributed by atoms with E-state index in [0.717, 1.165) is 18.8 Å². The van der Waals surface area contributed by atoms with E-state index < -0.39 is 0 Å². The molecule has 6 heteroatoms. The van der Waals surface area contributed by atoms with Gasteiger partial charge >= 0.3 is 92.4 Å². The molecule has 1 fully saturated rings. The fourth-order valence-electron chi connectivity index (χ4n) is 4.28. The summed E-state index contributed by atoms with van der Waals surface area (Å²) >= 11 is 0.230. The predicted octanol–water partition coefficient (Wildman–Crippen LogP) is 0.981.